The van der Waals surface area contributed by atoms with Crippen LogP contribution < -0.4 is 0 Å². The highest BCUT2D eigenvalue weighted by Gasteiger charge is 2.06. The Labute approximate surface area is 87.4 Å². The summed E-state index contributed by atoms with van der Waals surface area (Å²) in [6, 6.07) is 8.29. The van der Waals surface area contributed by atoms with Crippen molar-refractivity contribution in [2.24, 2.45) is 0 Å². The van der Waals surface area contributed by atoms with Crippen molar-refractivity contribution in [3.8, 4) is 0 Å². The van der Waals surface area contributed by atoms with Crippen molar-refractivity contribution in [3.05, 3.63) is 41.9 Å². The molecule has 0 aliphatic heterocycles. The molecule has 0 saturated heterocycles. The third-order valence-corrected chi connectivity index (χ3v) is 2.78. The molecule has 0 aliphatic carbocycles. The number of aryl methyl sites for hydroxylation is 2. The van der Waals surface area contributed by atoms with Gasteiger partial charge in [0.25, 0.3) is 0 Å². The Hall–Kier alpha value is -1.90. The summed E-state index contributed by atoms with van der Waals surface area (Å²) in [6.45, 7) is 4.08. The lowest BCUT2D eigenvalue weighted by atomic mass is 10.1. The van der Waals surface area contributed by atoms with E-state index < -0.39 is 0 Å². The molecule has 1 aromatic carbocycles. The first-order valence-electron chi connectivity index (χ1n) is 4.97. The summed E-state index contributed by atoms with van der Waals surface area (Å²) in [5.74, 6) is 0.929. The highest BCUT2D eigenvalue weighted by molar-refractivity contribution is 5.95. The van der Waals surface area contributed by atoms with E-state index in [4.69, 9.17) is 0 Å². The average Bonchev–Trinajstić information content (AvgIpc) is 2.62. The van der Waals surface area contributed by atoms with E-state index in [0.717, 1.165) is 16.9 Å². The highest BCUT2D eigenvalue weighted by Crippen LogP contribution is 2.22. The molecular weight excluding hydrogens is 186 g/mol. The molecule has 0 unspecified atom stereocenters. The van der Waals surface area contributed by atoms with Crippen LogP contribution in [0.5, 0.6) is 0 Å². The fourth-order valence-electron chi connectivity index (χ4n) is 1.99. The molecule has 3 nitrogen and oxygen atoms in total. The van der Waals surface area contributed by atoms with Crippen LogP contribution in [0.15, 0.2) is 30.5 Å². The second kappa shape index (κ2) is 2.79. The van der Waals surface area contributed by atoms with Crippen molar-refractivity contribution >= 4 is 16.4 Å². The molecule has 2 heterocycles. The molecule has 0 radical (unpaired) electrons. The van der Waals surface area contributed by atoms with Gasteiger partial charge in [-0.05, 0) is 24.8 Å². The molecule has 0 bridgehead atoms. The number of pyridine rings is 1. The summed E-state index contributed by atoms with van der Waals surface area (Å²) < 4.78 is 2.04. The monoisotopic (exact) mass is 197 g/mol. The van der Waals surface area contributed by atoms with E-state index in [9.17, 15) is 0 Å². The molecule has 3 aromatic rings. The van der Waals surface area contributed by atoms with Crippen molar-refractivity contribution in [3.63, 3.8) is 0 Å². The largest absolute Gasteiger partial charge is 0.286 e. The molecule has 2 aromatic heterocycles. The number of hydrogen-bond donors (Lipinski definition) is 0. The minimum Gasteiger partial charge on any atom is -0.286 e. The SMILES string of the molecule is Cc1cn2c(C)nnc2c2ccccc12. The number of rotatable bonds is 0. The maximum Gasteiger partial charge on any atom is 0.168 e. The first-order chi connectivity index (χ1) is 7.27. The fourth-order valence-corrected chi connectivity index (χ4v) is 1.99. The van der Waals surface area contributed by atoms with Gasteiger partial charge in [0.1, 0.15) is 5.82 Å². The Morgan fingerprint density at radius 2 is 1.73 bits per heavy atom. The lowest BCUT2D eigenvalue weighted by Crippen LogP contribution is -1.91. The van der Waals surface area contributed by atoms with Gasteiger partial charge in [-0.25, -0.2) is 0 Å². The normalized spacial score (nSPS) is 11.3. The zero-order chi connectivity index (χ0) is 10.4. The number of fused-ring (bicyclic) bond motifs is 3. The van der Waals surface area contributed by atoms with Crippen LogP contribution in [-0.2, 0) is 0 Å². The van der Waals surface area contributed by atoms with Gasteiger partial charge in [0.05, 0.1) is 0 Å². The second-order valence-electron chi connectivity index (χ2n) is 3.80. The summed E-state index contributed by atoms with van der Waals surface area (Å²) in [4.78, 5) is 0. The quantitative estimate of drug-likeness (QED) is 0.554. The zero-order valence-electron chi connectivity index (χ0n) is 8.73. The Bertz CT molecular complexity index is 652. The van der Waals surface area contributed by atoms with Crippen LogP contribution in [0.3, 0.4) is 0 Å². The minimum absolute atomic E-state index is 0.929. The van der Waals surface area contributed by atoms with Crippen LogP contribution in [0.2, 0.25) is 0 Å². The predicted octanol–water partition coefficient (Wildman–Crippen LogP) is 2.50. The summed E-state index contributed by atoms with van der Waals surface area (Å²) in [7, 11) is 0. The molecule has 0 aliphatic rings. The van der Waals surface area contributed by atoms with Crippen LogP contribution in [0, 0.1) is 13.8 Å². The molecule has 3 heteroatoms. The van der Waals surface area contributed by atoms with Crippen molar-refractivity contribution in [2.45, 2.75) is 13.8 Å². The Morgan fingerprint density at radius 3 is 2.53 bits per heavy atom. The number of aromatic nitrogens is 3. The van der Waals surface area contributed by atoms with Crippen LogP contribution >= 0.6 is 0 Å². The number of nitrogens with zero attached hydrogens (tertiary/aromatic N) is 3. The van der Waals surface area contributed by atoms with Crippen molar-refractivity contribution in [1.82, 2.24) is 14.6 Å². The first kappa shape index (κ1) is 8.41. The van der Waals surface area contributed by atoms with Crippen LogP contribution in [0.1, 0.15) is 11.4 Å². The summed E-state index contributed by atoms with van der Waals surface area (Å²) in [5.41, 5.74) is 2.19. The molecule has 0 amide bonds. The Morgan fingerprint density at radius 1 is 1.00 bits per heavy atom. The zero-order valence-corrected chi connectivity index (χ0v) is 8.73. The van der Waals surface area contributed by atoms with Gasteiger partial charge < -0.3 is 0 Å². The third kappa shape index (κ3) is 1.06. The maximum absolute atomic E-state index is 4.20. The molecule has 15 heavy (non-hydrogen) atoms. The average molecular weight is 197 g/mol. The Balaban J connectivity index is 2.65. The smallest absolute Gasteiger partial charge is 0.168 e. The minimum atomic E-state index is 0.929. The molecule has 3 rings (SSSR count). The number of benzene rings is 1. The summed E-state index contributed by atoms with van der Waals surface area (Å²) in [5, 5.41) is 10.7. The second-order valence-corrected chi connectivity index (χ2v) is 3.80. The van der Waals surface area contributed by atoms with Gasteiger partial charge in [-0.3, -0.25) is 4.40 Å². The molecular formula is C12H11N3. The lowest BCUT2D eigenvalue weighted by Gasteiger charge is -2.04. The Kier molecular flexibility index (Phi) is 1.57. The molecule has 74 valence electrons. The standard InChI is InChI=1S/C12H11N3/c1-8-7-15-9(2)13-14-12(15)11-6-4-3-5-10(8)11/h3-7H,1-2H3. The molecule has 0 N–H and O–H groups in total. The van der Waals surface area contributed by atoms with Gasteiger partial charge in [-0.15, -0.1) is 10.2 Å². The van der Waals surface area contributed by atoms with Crippen molar-refractivity contribution in [1.29, 1.82) is 0 Å². The van der Waals surface area contributed by atoms with E-state index in [2.05, 4.69) is 41.5 Å². The summed E-state index contributed by atoms with van der Waals surface area (Å²) in [6.07, 6.45) is 2.09. The van der Waals surface area contributed by atoms with E-state index in [0.29, 0.717) is 0 Å². The maximum atomic E-state index is 4.20. The van der Waals surface area contributed by atoms with Crippen molar-refractivity contribution < 1.29 is 0 Å². The summed E-state index contributed by atoms with van der Waals surface area (Å²) >= 11 is 0. The fraction of sp³-hybridized carbons (Fsp3) is 0.167. The highest BCUT2D eigenvalue weighted by atomic mass is 15.2. The molecule has 0 atom stereocenters. The van der Waals surface area contributed by atoms with Crippen LogP contribution in [0.4, 0.5) is 0 Å². The van der Waals surface area contributed by atoms with Gasteiger partial charge in [0.15, 0.2) is 5.65 Å². The number of hydrogen-bond acceptors (Lipinski definition) is 2. The molecule has 0 fully saturated rings. The molecule has 0 saturated carbocycles. The van der Waals surface area contributed by atoms with Gasteiger partial charge in [-0.1, -0.05) is 24.3 Å². The van der Waals surface area contributed by atoms with Crippen molar-refractivity contribution in [2.75, 3.05) is 0 Å². The van der Waals surface area contributed by atoms with Crippen LogP contribution in [-0.4, -0.2) is 14.6 Å². The predicted molar refractivity (Wildman–Crippen MR) is 60.0 cm³/mol. The first-order valence-corrected chi connectivity index (χ1v) is 4.97. The van der Waals surface area contributed by atoms with E-state index >= 15 is 0 Å². The lowest BCUT2D eigenvalue weighted by molar-refractivity contribution is 1.00. The van der Waals surface area contributed by atoms with E-state index in [-0.39, 0.29) is 0 Å². The van der Waals surface area contributed by atoms with Crippen LogP contribution in [0.25, 0.3) is 16.4 Å². The topological polar surface area (TPSA) is 30.2 Å². The van der Waals surface area contributed by atoms with E-state index in [1.54, 1.807) is 0 Å². The molecule has 0 spiro atoms. The van der Waals surface area contributed by atoms with Gasteiger partial charge in [-0.2, -0.15) is 0 Å². The van der Waals surface area contributed by atoms with E-state index in [1.807, 2.05) is 17.4 Å². The van der Waals surface area contributed by atoms with Gasteiger partial charge in [0.2, 0.25) is 0 Å². The van der Waals surface area contributed by atoms with Gasteiger partial charge in [0, 0.05) is 11.6 Å². The third-order valence-electron chi connectivity index (χ3n) is 2.78. The van der Waals surface area contributed by atoms with E-state index in [1.165, 1.54) is 10.9 Å². The van der Waals surface area contributed by atoms with Gasteiger partial charge >= 0.3 is 0 Å².